The molecule has 2 aromatic rings. The van der Waals surface area contributed by atoms with Gasteiger partial charge in [-0.3, -0.25) is 14.5 Å². The van der Waals surface area contributed by atoms with Crippen molar-refractivity contribution in [2.24, 2.45) is 0 Å². The van der Waals surface area contributed by atoms with Gasteiger partial charge in [0.25, 0.3) is 5.91 Å². The molecule has 28 heavy (non-hydrogen) atoms. The van der Waals surface area contributed by atoms with E-state index in [9.17, 15) is 9.59 Å². The van der Waals surface area contributed by atoms with E-state index < -0.39 is 0 Å². The first-order valence-electron chi connectivity index (χ1n) is 9.52. The quantitative estimate of drug-likeness (QED) is 0.696. The molecule has 0 heterocycles. The van der Waals surface area contributed by atoms with Crippen molar-refractivity contribution in [3.05, 3.63) is 59.7 Å². The van der Waals surface area contributed by atoms with Crippen LogP contribution >= 0.6 is 0 Å². The molecule has 0 aliphatic rings. The summed E-state index contributed by atoms with van der Waals surface area (Å²) < 4.78 is 5.35. The predicted octanol–water partition coefficient (Wildman–Crippen LogP) is 3.47. The summed E-state index contributed by atoms with van der Waals surface area (Å²) in [5.41, 5.74) is 2.21. The van der Waals surface area contributed by atoms with Crippen molar-refractivity contribution in [3.63, 3.8) is 0 Å². The summed E-state index contributed by atoms with van der Waals surface area (Å²) in [7, 11) is 1.65. The molecule has 0 aromatic heterocycles. The third kappa shape index (κ3) is 5.82. The second-order valence-electron chi connectivity index (χ2n) is 6.49. The van der Waals surface area contributed by atoms with Gasteiger partial charge in [-0.25, -0.2) is 0 Å². The monoisotopic (exact) mass is 383 g/mol. The van der Waals surface area contributed by atoms with E-state index in [0.717, 1.165) is 24.4 Å². The van der Waals surface area contributed by atoms with Crippen molar-refractivity contribution < 1.29 is 14.3 Å². The first kappa shape index (κ1) is 21.4. The molecule has 6 heteroatoms. The molecular formula is C22H29N3O3. The molecule has 0 aliphatic heterocycles. The van der Waals surface area contributed by atoms with E-state index in [2.05, 4.69) is 35.4 Å². The molecule has 0 spiro atoms. The van der Waals surface area contributed by atoms with E-state index in [0.29, 0.717) is 17.8 Å². The fourth-order valence-corrected chi connectivity index (χ4v) is 3.20. The number of nitrogens with zero attached hydrogens (tertiary/aromatic N) is 1. The van der Waals surface area contributed by atoms with Crippen molar-refractivity contribution in [3.8, 4) is 5.75 Å². The van der Waals surface area contributed by atoms with Crippen molar-refractivity contribution in [1.82, 2.24) is 10.2 Å². The van der Waals surface area contributed by atoms with E-state index in [4.69, 9.17) is 4.74 Å². The third-order valence-corrected chi connectivity index (χ3v) is 4.63. The Bertz CT molecular complexity index is 803. The summed E-state index contributed by atoms with van der Waals surface area (Å²) in [5.74, 6) is 0.452. The number of amides is 2. The average molecular weight is 383 g/mol. The fraction of sp³-hybridized carbons (Fsp3) is 0.364. The minimum Gasteiger partial charge on any atom is -0.497 e. The van der Waals surface area contributed by atoms with Crippen LogP contribution in [0.5, 0.6) is 5.75 Å². The van der Waals surface area contributed by atoms with Crippen LogP contribution in [0.15, 0.2) is 48.5 Å². The highest BCUT2D eigenvalue weighted by Crippen LogP contribution is 2.24. The molecule has 1 unspecified atom stereocenters. The van der Waals surface area contributed by atoms with Crippen molar-refractivity contribution >= 4 is 17.5 Å². The molecule has 0 bridgehead atoms. The van der Waals surface area contributed by atoms with Crippen molar-refractivity contribution in [2.75, 3.05) is 32.1 Å². The maximum absolute atomic E-state index is 12.7. The largest absolute Gasteiger partial charge is 0.497 e. The Morgan fingerprint density at radius 2 is 1.79 bits per heavy atom. The predicted molar refractivity (Wildman–Crippen MR) is 112 cm³/mol. The first-order chi connectivity index (χ1) is 13.5. The van der Waals surface area contributed by atoms with Crippen LogP contribution in [0, 0.1) is 0 Å². The van der Waals surface area contributed by atoms with Crippen LogP contribution in [0.25, 0.3) is 0 Å². The number of methoxy groups -OCH3 is 1. The molecule has 2 amide bonds. The number of hydrogen-bond donors (Lipinski definition) is 2. The number of anilines is 1. The minimum atomic E-state index is -0.174. The first-order valence-corrected chi connectivity index (χ1v) is 9.52. The Morgan fingerprint density at radius 3 is 2.43 bits per heavy atom. The van der Waals surface area contributed by atoms with Gasteiger partial charge < -0.3 is 15.4 Å². The highest BCUT2D eigenvalue weighted by Gasteiger charge is 2.20. The molecular weight excluding hydrogens is 354 g/mol. The van der Waals surface area contributed by atoms with Crippen LogP contribution in [0.3, 0.4) is 0 Å². The van der Waals surface area contributed by atoms with Crippen molar-refractivity contribution in [1.29, 1.82) is 0 Å². The Kier molecular flexibility index (Phi) is 8.02. The van der Waals surface area contributed by atoms with Crippen LogP contribution < -0.4 is 15.4 Å². The third-order valence-electron chi connectivity index (χ3n) is 4.63. The number of benzene rings is 2. The maximum atomic E-state index is 12.7. The number of rotatable bonds is 9. The highest BCUT2D eigenvalue weighted by atomic mass is 16.5. The van der Waals surface area contributed by atoms with E-state index in [1.807, 2.05) is 18.2 Å². The lowest BCUT2D eigenvalue weighted by molar-refractivity contribution is -0.114. The van der Waals surface area contributed by atoms with Gasteiger partial charge in [-0.1, -0.05) is 32.0 Å². The molecule has 0 saturated heterocycles. The summed E-state index contributed by atoms with van der Waals surface area (Å²) in [4.78, 5) is 26.2. The zero-order valence-electron chi connectivity index (χ0n) is 17.0. The van der Waals surface area contributed by atoms with Crippen LogP contribution in [0.2, 0.25) is 0 Å². The maximum Gasteiger partial charge on any atom is 0.251 e. The molecule has 2 N–H and O–H groups in total. The summed E-state index contributed by atoms with van der Waals surface area (Å²) in [6.45, 7) is 7.86. The summed E-state index contributed by atoms with van der Waals surface area (Å²) in [6.07, 6.45) is 0. The molecule has 0 radical (unpaired) electrons. The van der Waals surface area contributed by atoms with Gasteiger partial charge in [-0.05, 0) is 49.0 Å². The van der Waals surface area contributed by atoms with Gasteiger partial charge in [0.2, 0.25) is 5.91 Å². The molecule has 6 nitrogen and oxygen atoms in total. The standard InChI is InChI=1S/C22H29N3O3/c1-5-25(6-2)21(17-9-8-12-20(14-17)28-4)15-23-22(27)18-10-7-11-19(13-18)24-16(3)26/h7-14,21H,5-6,15H2,1-4H3,(H,23,27)(H,24,26). The lowest BCUT2D eigenvalue weighted by atomic mass is 10.0. The number of carbonyl (C=O) groups is 2. The zero-order chi connectivity index (χ0) is 20.5. The van der Waals surface area contributed by atoms with Gasteiger partial charge in [0.05, 0.1) is 13.2 Å². The SMILES string of the molecule is CCN(CC)C(CNC(=O)c1cccc(NC(C)=O)c1)c1cccc(OC)c1. The number of carbonyl (C=O) groups excluding carboxylic acids is 2. The van der Waals surface area contributed by atoms with E-state index >= 15 is 0 Å². The Labute approximate surface area is 166 Å². The van der Waals surface area contributed by atoms with Gasteiger partial charge >= 0.3 is 0 Å². The minimum absolute atomic E-state index is 0.0348. The fourth-order valence-electron chi connectivity index (χ4n) is 3.20. The summed E-state index contributed by atoms with van der Waals surface area (Å²) in [5, 5.41) is 5.73. The molecule has 0 saturated carbocycles. The van der Waals surface area contributed by atoms with Crippen LogP contribution in [0.4, 0.5) is 5.69 Å². The second-order valence-corrected chi connectivity index (χ2v) is 6.49. The van der Waals surface area contributed by atoms with Crippen molar-refractivity contribution in [2.45, 2.75) is 26.8 Å². The molecule has 150 valence electrons. The number of hydrogen-bond acceptors (Lipinski definition) is 4. The van der Waals surface area contributed by atoms with Gasteiger partial charge in [0.15, 0.2) is 0 Å². The van der Waals surface area contributed by atoms with Gasteiger partial charge in [0, 0.05) is 24.7 Å². The van der Waals surface area contributed by atoms with E-state index in [1.165, 1.54) is 6.92 Å². The second kappa shape index (κ2) is 10.5. The van der Waals surface area contributed by atoms with Crippen LogP contribution in [-0.4, -0.2) is 43.5 Å². The topological polar surface area (TPSA) is 70.7 Å². The highest BCUT2D eigenvalue weighted by molar-refractivity contribution is 5.96. The van der Waals surface area contributed by atoms with Gasteiger partial charge in [0.1, 0.15) is 5.75 Å². The number of likely N-dealkylation sites (N-methyl/N-ethyl adjacent to an activating group) is 1. The Hall–Kier alpha value is -2.86. The lowest BCUT2D eigenvalue weighted by Gasteiger charge is -2.30. The molecule has 0 aliphatic carbocycles. The van der Waals surface area contributed by atoms with Crippen LogP contribution in [0.1, 0.15) is 42.7 Å². The normalized spacial score (nSPS) is 11.8. The number of nitrogens with one attached hydrogen (secondary N) is 2. The number of ether oxygens (including phenoxy) is 1. The average Bonchev–Trinajstić information content (AvgIpc) is 2.70. The van der Waals surface area contributed by atoms with E-state index in [1.54, 1.807) is 31.4 Å². The Morgan fingerprint density at radius 1 is 1.07 bits per heavy atom. The van der Waals surface area contributed by atoms with Gasteiger partial charge in [-0.15, -0.1) is 0 Å². The zero-order valence-corrected chi connectivity index (χ0v) is 17.0. The molecule has 1 atom stereocenters. The Balaban J connectivity index is 2.16. The molecule has 0 fully saturated rings. The summed E-state index contributed by atoms with van der Waals surface area (Å²) in [6, 6.07) is 14.9. The molecule has 2 rings (SSSR count). The molecule has 2 aromatic carbocycles. The van der Waals surface area contributed by atoms with E-state index in [-0.39, 0.29) is 17.9 Å². The van der Waals surface area contributed by atoms with Crippen LogP contribution in [-0.2, 0) is 4.79 Å². The van der Waals surface area contributed by atoms with Gasteiger partial charge in [-0.2, -0.15) is 0 Å². The summed E-state index contributed by atoms with van der Waals surface area (Å²) >= 11 is 0. The smallest absolute Gasteiger partial charge is 0.251 e. The lowest BCUT2D eigenvalue weighted by Crippen LogP contribution is -2.38.